The predicted octanol–water partition coefficient (Wildman–Crippen LogP) is 5.93. The van der Waals surface area contributed by atoms with Crippen molar-refractivity contribution >= 4 is 17.2 Å². The van der Waals surface area contributed by atoms with E-state index in [1.165, 1.54) is 55.9 Å². The van der Waals surface area contributed by atoms with Gasteiger partial charge in [0.2, 0.25) is 0 Å². The lowest BCUT2D eigenvalue weighted by atomic mass is 9.85. The molecule has 132 valence electrons. The zero-order chi connectivity index (χ0) is 18.2. The van der Waals surface area contributed by atoms with Gasteiger partial charge in [0.1, 0.15) is 5.82 Å². The van der Waals surface area contributed by atoms with Crippen LogP contribution in [0.2, 0.25) is 0 Å². The second-order valence-electron chi connectivity index (χ2n) is 8.03. The molecule has 1 aromatic heterocycles. The standard InChI is InChI=1S/C26H18N2/c1-2-9-21-16(5-1)15-23-22(21)11-10-19-13-17-6-3-7-18-14-20-8-4-12-27-26(20)28(24(17)18)25(19)23/h1-12H,13-15H2. The molecule has 0 saturated heterocycles. The zero-order valence-corrected chi connectivity index (χ0v) is 15.4. The Morgan fingerprint density at radius 2 is 1.32 bits per heavy atom. The molecule has 0 amide bonds. The molecule has 0 saturated carbocycles. The molecule has 1 aliphatic carbocycles. The van der Waals surface area contributed by atoms with Crippen LogP contribution in [-0.4, -0.2) is 4.98 Å². The van der Waals surface area contributed by atoms with Crippen LogP contribution in [0.5, 0.6) is 0 Å². The second-order valence-corrected chi connectivity index (χ2v) is 8.03. The van der Waals surface area contributed by atoms with Crippen molar-refractivity contribution in [3.63, 3.8) is 0 Å². The van der Waals surface area contributed by atoms with Crippen LogP contribution in [0.1, 0.15) is 33.4 Å². The van der Waals surface area contributed by atoms with Gasteiger partial charge in [-0.3, -0.25) is 4.90 Å². The van der Waals surface area contributed by atoms with Gasteiger partial charge in [-0.05, 0) is 50.6 Å². The molecule has 2 heteroatoms. The lowest BCUT2D eigenvalue weighted by Gasteiger charge is -2.39. The van der Waals surface area contributed by atoms with Gasteiger partial charge in [-0.2, -0.15) is 0 Å². The summed E-state index contributed by atoms with van der Waals surface area (Å²) in [6.07, 6.45) is 4.90. The molecular weight excluding hydrogens is 340 g/mol. The van der Waals surface area contributed by atoms with Crippen LogP contribution in [0.3, 0.4) is 0 Å². The van der Waals surface area contributed by atoms with Gasteiger partial charge < -0.3 is 0 Å². The van der Waals surface area contributed by atoms with Crippen molar-refractivity contribution in [3.8, 4) is 11.1 Å². The lowest BCUT2D eigenvalue weighted by molar-refractivity contribution is 0.972. The maximum Gasteiger partial charge on any atom is 0.141 e. The quantitative estimate of drug-likeness (QED) is 0.334. The Hall–Kier alpha value is -3.39. The first-order valence-electron chi connectivity index (χ1n) is 9.96. The van der Waals surface area contributed by atoms with E-state index in [0.717, 1.165) is 25.1 Å². The van der Waals surface area contributed by atoms with E-state index in [1.54, 1.807) is 0 Å². The third kappa shape index (κ3) is 1.75. The number of nitrogens with zero attached hydrogens (tertiary/aromatic N) is 2. The summed E-state index contributed by atoms with van der Waals surface area (Å²) in [7, 11) is 0. The molecule has 28 heavy (non-hydrogen) atoms. The molecule has 3 heterocycles. The minimum absolute atomic E-state index is 0.966. The highest BCUT2D eigenvalue weighted by atomic mass is 15.2. The minimum atomic E-state index is 0.966. The summed E-state index contributed by atoms with van der Waals surface area (Å²) < 4.78 is 0. The Labute approximate surface area is 164 Å². The Kier molecular flexibility index (Phi) is 2.67. The van der Waals surface area contributed by atoms with Crippen molar-refractivity contribution in [2.45, 2.75) is 19.3 Å². The van der Waals surface area contributed by atoms with Crippen molar-refractivity contribution in [1.29, 1.82) is 0 Å². The molecule has 0 bridgehead atoms. The fraction of sp³-hybridized carbons (Fsp3) is 0.115. The van der Waals surface area contributed by atoms with Crippen LogP contribution in [0.25, 0.3) is 11.1 Å². The molecule has 0 unspecified atom stereocenters. The molecular formula is C26H18N2. The van der Waals surface area contributed by atoms with Gasteiger partial charge in [-0.25, -0.2) is 4.98 Å². The van der Waals surface area contributed by atoms with Crippen LogP contribution in [0.4, 0.5) is 17.2 Å². The Balaban J connectivity index is 1.56. The molecule has 2 aliphatic heterocycles. The third-order valence-corrected chi connectivity index (χ3v) is 6.53. The van der Waals surface area contributed by atoms with Gasteiger partial charge in [0, 0.05) is 25.5 Å². The predicted molar refractivity (Wildman–Crippen MR) is 113 cm³/mol. The Morgan fingerprint density at radius 1 is 0.571 bits per heavy atom. The minimum Gasteiger partial charge on any atom is -0.294 e. The second kappa shape index (κ2) is 5.11. The average Bonchev–Trinajstić information content (AvgIpc) is 3.12. The summed E-state index contributed by atoms with van der Waals surface area (Å²) in [6.45, 7) is 0. The number of benzene rings is 3. The molecule has 2 nitrogen and oxygen atoms in total. The van der Waals surface area contributed by atoms with E-state index in [0.29, 0.717) is 0 Å². The molecule has 3 aromatic carbocycles. The normalized spacial score (nSPS) is 14.6. The van der Waals surface area contributed by atoms with E-state index in [-0.39, 0.29) is 0 Å². The summed E-state index contributed by atoms with van der Waals surface area (Å²) in [4.78, 5) is 7.31. The van der Waals surface area contributed by atoms with Crippen LogP contribution < -0.4 is 4.90 Å². The molecule has 0 fully saturated rings. The van der Waals surface area contributed by atoms with Crippen molar-refractivity contribution in [2.75, 3.05) is 4.90 Å². The fourth-order valence-electron chi connectivity index (χ4n) is 5.39. The van der Waals surface area contributed by atoms with E-state index in [4.69, 9.17) is 4.98 Å². The van der Waals surface area contributed by atoms with Crippen molar-refractivity contribution in [2.24, 2.45) is 0 Å². The Morgan fingerprint density at radius 3 is 2.25 bits per heavy atom. The van der Waals surface area contributed by atoms with Gasteiger partial charge in [-0.1, -0.05) is 60.7 Å². The molecule has 0 atom stereocenters. The maximum absolute atomic E-state index is 4.84. The summed E-state index contributed by atoms with van der Waals surface area (Å²) in [5.41, 5.74) is 14.0. The van der Waals surface area contributed by atoms with E-state index in [9.17, 15) is 0 Å². The van der Waals surface area contributed by atoms with Gasteiger partial charge in [0.25, 0.3) is 0 Å². The highest BCUT2D eigenvalue weighted by Gasteiger charge is 2.35. The highest BCUT2D eigenvalue weighted by Crippen LogP contribution is 2.53. The number of para-hydroxylation sites is 1. The number of hydrogen-bond donors (Lipinski definition) is 0. The monoisotopic (exact) mass is 358 g/mol. The SMILES string of the molecule is c1ccc2c(c1)Cc1c-2ccc2c1N1c3ncccc3Cc3cccc(c31)C2. The summed E-state index contributed by atoms with van der Waals surface area (Å²) in [5, 5.41) is 0. The molecule has 7 rings (SSSR count). The number of hydrogen-bond acceptors (Lipinski definition) is 2. The molecule has 4 aromatic rings. The topological polar surface area (TPSA) is 16.1 Å². The number of pyridine rings is 1. The van der Waals surface area contributed by atoms with Crippen molar-refractivity contribution < 1.29 is 0 Å². The lowest BCUT2D eigenvalue weighted by Crippen LogP contribution is -2.26. The van der Waals surface area contributed by atoms with E-state index in [2.05, 4.69) is 71.6 Å². The van der Waals surface area contributed by atoms with Gasteiger partial charge in [0.05, 0.1) is 11.4 Å². The number of rotatable bonds is 0. The number of aromatic nitrogens is 1. The third-order valence-electron chi connectivity index (χ3n) is 6.53. The smallest absolute Gasteiger partial charge is 0.141 e. The van der Waals surface area contributed by atoms with Gasteiger partial charge in [-0.15, -0.1) is 0 Å². The summed E-state index contributed by atoms with van der Waals surface area (Å²) in [6, 6.07) is 24.6. The first kappa shape index (κ1) is 14.6. The van der Waals surface area contributed by atoms with E-state index < -0.39 is 0 Å². The Bertz CT molecular complexity index is 1290. The highest BCUT2D eigenvalue weighted by molar-refractivity contribution is 5.93. The largest absolute Gasteiger partial charge is 0.294 e. The van der Waals surface area contributed by atoms with E-state index >= 15 is 0 Å². The first-order valence-corrected chi connectivity index (χ1v) is 9.96. The molecule has 0 radical (unpaired) electrons. The zero-order valence-electron chi connectivity index (χ0n) is 15.4. The average molecular weight is 358 g/mol. The van der Waals surface area contributed by atoms with Crippen molar-refractivity contribution in [3.05, 3.63) is 106 Å². The fourth-order valence-corrected chi connectivity index (χ4v) is 5.39. The summed E-state index contributed by atoms with van der Waals surface area (Å²) in [5.74, 6) is 1.10. The number of anilines is 3. The van der Waals surface area contributed by atoms with Crippen LogP contribution in [0, 0.1) is 0 Å². The van der Waals surface area contributed by atoms with E-state index in [1.807, 2.05) is 6.20 Å². The summed E-state index contributed by atoms with van der Waals surface area (Å²) >= 11 is 0. The van der Waals surface area contributed by atoms with Crippen LogP contribution in [-0.2, 0) is 19.3 Å². The van der Waals surface area contributed by atoms with Crippen LogP contribution in [0.15, 0.2) is 72.9 Å². The maximum atomic E-state index is 4.84. The number of fused-ring (bicyclic) bond motifs is 8. The molecule has 3 aliphatic rings. The first-order chi connectivity index (χ1) is 13.9. The molecule has 0 spiro atoms. The van der Waals surface area contributed by atoms with Crippen molar-refractivity contribution in [1.82, 2.24) is 4.98 Å². The van der Waals surface area contributed by atoms with Gasteiger partial charge in [0.15, 0.2) is 0 Å². The molecule has 0 N–H and O–H groups in total. The van der Waals surface area contributed by atoms with Crippen LogP contribution >= 0.6 is 0 Å². The van der Waals surface area contributed by atoms with Gasteiger partial charge >= 0.3 is 0 Å².